The highest BCUT2D eigenvalue weighted by Crippen LogP contribution is 2.29. The fourth-order valence-electron chi connectivity index (χ4n) is 6.03. The number of anilines is 1. The normalized spacial score (nSPS) is 14.2. The lowest BCUT2D eigenvalue weighted by molar-refractivity contribution is -0.140. The van der Waals surface area contributed by atoms with Crippen LogP contribution in [0.25, 0.3) is 0 Å². The molecule has 0 radical (unpaired) electrons. The van der Waals surface area contributed by atoms with Crippen LogP contribution in [-0.4, -0.2) is 43.8 Å². The minimum Gasteiger partial charge on any atom is -0.352 e. The molecule has 48 heavy (non-hydrogen) atoms. The van der Waals surface area contributed by atoms with Crippen molar-refractivity contribution in [3.05, 3.63) is 129 Å². The number of hydrogen-bond donors (Lipinski definition) is 1. The van der Waals surface area contributed by atoms with Gasteiger partial charge in [-0.25, -0.2) is 8.42 Å². The van der Waals surface area contributed by atoms with Crippen LogP contribution in [0.3, 0.4) is 0 Å². The quantitative estimate of drug-likeness (QED) is 0.162. The number of hydrogen-bond acceptors (Lipinski definition) is 4. The van der Waals surface area contributed by atoms with Crippen LogP contribution in [0.5, 0.6) is 0 Å². The first-order valence-electron chi connectivity index (χ1n) is 16.2. The van der Waals surface area contributed by atoms with Crippen LogP contribution in [0, 0.1) is 13.8 Å². The Hall–Kier alpha value is -3.85. The Morgan fingerprint density at radius 1 is 0.833 bits per heavy atom. The van der Waals surface area contributed by atoms with Crippen molar-refractivity contribution in [2.75, 3.05) is 10.8 Å². The molecule has 0 spiro atoms. The van der Waals surface area contributed by atoms with Crippen molar-refractivity contribution in [1.29, 1.82) is 0 Å². The van der Waals surface area contributed by atoms with E-state index in [1.807, 2.05) is 50.2 Å². The summed E-state index contributed by atoms with van der Waals surface area (Å²) in [6.45, 7) is 3.18. The number of rotatable bonds is 12. The maximum Gasteiger partial charge on any atom is 0.264 e. The lowest BCUT2D eigenvalue weighted by Gasteiger charge is -2.35. The summed E-state index contributed by atoms with van der Waals surface area (Å²) in [7, 11) is -4.23. The third kappa shape index (κ3) is 8.98. The predicted octanol–water partition coefficient (Wildman–Crippen LogP) is 7.89. The first-order chi connectivity index (χ1) is 23.0. The summed E-state index contributed by atoms with van der Waals surface area (Å²) in [6, 6.07) is 27.1. The molecule has 252 valence electrons. The van der Waals surface area contributed by atoms with Crippen molar-refractivity contribution < 1.29 is 18.0 Å². The Kier molecular flexibility index (Phi) is 11.8. The zero-order valence-corrected chi connectivity index (χ0v) is 29.6. The molecule has 1 atom stereocenters. The van der Waals surface area contributed by atoms with E-state index in [9.17, 15) is 18.0 Å². The zero-order valence-electron chi connectivity index (χ0n) is 27.2. The summed E-state index contributed by atoms with van der Waals surface area (Å²) in [5, 5.41) is 4.08. The highest BCUT2D eigenvalue weighted by atomic mass is 35.5. The number of halogens is 2. The fourth-order valence-corrected chi connectivity index (χ4v) is 7.83. The number of nitrogens with zero attached hydrogens (tertiary/aromatic N) is 2. The molecule has 0 aliphatic heterocycles. The lowest BCUT2D eigenvalue weighted by Crippen LogP contribution is -2.55. The van der Waals surface area contributed by atoms with E-state index in [4.69, 9.17) is 23.2 Å². The van der Waals surface area contributed by atoms with Crippen molar-refractivity contribution in [1.82, 2.24) is 10.2 Å². The fraction of sp³-hybridized carbons (Fsp3) is 0.316. The standard InChI is InChI=1S/C38H41Cl2N3O4S/c1-27-16-20-34(21-17-27)48(46,47)43(33-19-18-28(2)35(40)24-33)26-37(44)42(25-30-12-9-13-31(39)22-30)36(23-29-10-5-3-6-11-29)38(45)41-32-14-7-4-8-15-32/h3,5-6,9-13,16-22,24,32,36H,4,7-8,14-15,23,25-26H2,1-2H3,(H,41,45)/t36-/m0/s1. The van der Waals surface area contributed by atoms with Crippen molar-refractivity contribution in [3.63, 3.8) is 0 Å². The van der Waals surface area contributed by atoms with Gasteiger partial charge >= 0.3 is 0 Å². The van der Waals surface area contributed by atoms with E-state index in [0.717, 1.165) is 53.1 Å². The number of carbonyl (C=O) groups is 2. The molecule has 7 nitrogen and oxygen atoms in total. The van der Waals surface area contributed by atoms with E-state index in [0.29, 0.717) is 15.6 Å². The number of amides is 2. The number of aryl methyl sites for hydroxylation is 2. The second-order valence-electron chi connectivity index (χ2n) is 12.5. The van der Waals surface area contributed by atoms with Gasteiger partial charge in [0.25, 0.3) is 10.0 Å². The molecule has 1 fully saturated rings. The summed E-state index contributed by atoms with van der Waals surface area (Å²) < 4.78 is 29.6. The van der Waals surface area contributed by atoms with Crippen LogP contribution in [-0.2, 0) is 32.6 Å². The van der Waals surface area contributed by atoms with Crippen LogP contribution in [0.2, 0.25) is 10.0 Å². The van der Waals surface area contributed by atoms with Gasteiger partial charge in [-0.05, 0) is 79.8 Å². The first-order valence-corrected chi connectivity index (χ1v) is 18.4. The Morgan fingerprint density at radius 3 is 2.19 bits per heavy atom. The third-order valence-electron chi connectivity index (χ3n) is 8.80. The maximum atomic E-state index is 14.7. The average Bonchev–Trinajstić information content (AvgIpc) is 3.07. The first kappa shape index (κ1) is 35.5. The van der Waals surface area contributed by atoms with Gasteiger partial charge in [0.2, 0.25) is 11.8 Å². The van der Waals surface area contributed by atoms with E-state index < -0.39 is 28.5 Å². The minimum atomic E-state index is -4.23. The highest BCUT2D eigenvalue weighted by Gasteiger charge is 2.35. The van der Waals surface area contributed by atoms with E-state index in [1.54, 1.807) is 48.5 Å². The predicted molar refractivity (Wildman–Crippen MR) is 193 cm³/mol. The van der Waals surface area contributed by atoms with Crippen molar-refractivity contribution in [3.8, 4) is 0 Å². The van der Waals surface area contributed by atoms with Crippen LogP contribution in [0.1, 0.15) is 54.4 Å². The highest BCUT2D eigenvalue weighted by molar-refractivity contribution is 7.92. The molecule has 4 aromatic carbocycles. The molecule has 4 aromatic rings. The van der Waals surface area contributed by atoms with Gasteiger partial charge in [0.05, 0.1) is 10.6 Å². The molecule has 5 rings (SSSR count). The molecule has 1 aliphatic rings. The zero-order chi connectivity index (χ0) is 34.3. The molecule has 0 aromatic heterocycles. The lowest BCUT2D eigenvalue weighted by atomic mass is 9.94. The van der Waals surface area contributed by atoms with Gasteiger partial charge < -0.3 is 10.2 Å². The molecule has 1 N–H and O–H groups in total. The summed E-state index contributed by atoms with van der Waals surface area (Å²) in [5.74, 6) is -0.811. The summed E-state index contributed by atoms with van der Waals surface area (Å²) in [6.07, 6.45) is 5.20. The number of nitrogens with one attached hydrogen (secondary N) is 1. The van der Waals surface area contributed by atoms with Crippen LogP contribution in [0.15, 0.2) is 102 Å². The van der Waals surface area contributed by atoms with Gasteiger partial charge in [-0.2, -0.15) is 0 Å². The van der Waals surface area contributed by atoms with Crippen LogP contribution >= 0.6 is 23.2 Å². The largest absolute Gasteiger partial charge is 0.352 e. The molecular formula is C38H41Cl2N3O4S. The van der Waals surface area contributed by atoms with Crippen LogP contribution in [0.4, 0.5) is 5.69 Å². The second kappa shape index (κ2) is 16.0. The topological polar surface area (TPSA) is 86.8 Å². The number of sulfonamides is 1. The van der Waals surface area contributed by atoms with E-state index in [-0.39, 0.29) is 35.5 Å². The minimum absolute atomic E-state index is 0.0146. The summed E-state index contributed by atoms with van der Waals surface area (Å²) in [5.41, 5.74) is 3.50. The molecule has 0 bridgehead atoms. The van der Waals surface area contributed by atoms with Gasteiger partial charge in [-0.1, -0.05) is 109 Å². The van der Waals surface area contributed by atoms with Crippen molar-refractivity contribution in [2.24, 2.45) is 0 Å². The molecule has 0 saturated heterocycles. The monoisotopic (exact) mass is 705 g/mol. The smallest absolute Gasteiger partial charge is 0.264 e. The second-order valence-corrected chi connectivity index (χ2v) is 15.2. The third-order valence-corrected chi connectivity index (χ3v) is 11.2. The van der Waals surface area contributed by atoms with Gasteiger partial charge in [0.1, 0.15) is 12.6 Å². The number of carbonyl (C=O) groups excluding carboxylic acids is 2. The Labute approximate surface area is 293 Å². The molecule has 1 saturated carbocycles. The maximum absolute atomic E-state index is 14.7. The average molecular weight is 707 g/mol. The molecule has 1 aliphatic carbocycles. The summed E-state index contributed by atoms with van der Waals surface area (Å²) in [4.78, 5) is 30.5. The van der Waals surface area contributed by atoms with E-state index in [1.165, 1.54) is 17.0 Å². The SMILES string of the molecule is Cc1ccc(S(=O)(=O)N(CC(=O)N(Cc2cccc(Cl)c2)[C@@H](Cc2ccccc2)C(=O)NC2CCCCC2)c2ccc(C)c(Cl)c2)cc1. The van der Waals surface area contributed by atoms with Gasteiger partial charge in [-0.15, -0.1) is 0 Å². The molecule has 0 heterocycles. The van der Waals surface area contributed by atoms with Crippen molar-refractivity contribution in [2.45, 2.75) is 75.9 Å². The molecule has 0 unspecified atom stereocenters. The molecule has 10 heteroatoms. The molecule has 2 amide bonds. The van der Waals surface area contributed by atoms with Gasteiger partial charge in [0, 0.05) is 29.1 Å². The van der Waals surface area contributed by atoms with Crippen LogP contribution < -0.4 is 9.62 Å². The van der Waals surface area contributed by atoms with Crippen molar-refractivity contribution >= 4 is 50.7 Å². The Balaban J connectivity index is 1.58. The summed E-state index contributed by atoms with van der Waals surface area (Å²) >= 11 is 12.8. The Bertz CT molecular complexity index is 1830. The molecular weight excluding hydrogens is 665 g/mol. The van der Waals surface area contributed by atoms with E-state index in [2.05, 4.69) is 5.32 Å². The van der Waals surface area contributed by atoms with E-state index >= 15 is 0 Å². The van der Waals surface area contributed by atoms with Gasteiger partial charge in [0.15, 0.2) is 0 Å². The number of benzene rings is 4. The Morgan fingerprint density at radius 2 is 1.52 bits per heavy atom. The van der Waals surface area contributed by atoms with Gasteiger partial charge in [-0.3, -0.25) is 13.9 Å².